The number of carboxylic acids is 1. The second kappa shape index (κ2) is 7.30. The lowest BCUT2D eigenvalue weighted by Gasteiger charge is -2.15. The third kappa shape index (κ3) is 3.70. The molecular weight excluding hydrogens is 363 g/mol. The summed E-state index contributed by atoms with van der Waals surface area (Å²) < 4.78 is 5.74. The fourth-order valence-electron chi connectivity index (χ4n) is 2.67. The standard InChI is InChI=1S/C19H14Cl2O4/c20-16-14(18(22)11-4-2-1-3-5-11)8-9-15(17(16)21)25-13-7-6-12(10-13)19(23)24/h1-5,8-10,13H,6-7H2,(H,23,24)/t13-/m0/s1. The Bertz CT molecular complexity index is 859. The third-order valence-electron chi connectivity index (χ3n) is 3.97. The molecule has 1 aliphatic carbocycles. The molecule has 0 unspecified atom stereocenters. The zero-order valence-corrected chi connectivity index (χ0v) is 14.6. The van der Waals surface area contributed by atoms with E-state index >= 15 is 0 Å². The number of ether oxygens (including phenoxy) is 1. The lowest BCUT2D eigenvalue weighted by Crippen LogP contribution is -2.11. The van der Waals surface area contributed by atoms with Gasteiger partial charge in [-0.05, 0) is 31.1 Å². The number of aliphatic carboxylic acids is 1. The molecule has 128 valence electrons. The lowest BCUT2D eigenvalue weighted by atomic mass is 10.0. The van der Waals surface area contributed by atoms with Crippen molar-refractivity contribution in [2.75, 3.05) is 0 Å². The molecule has 0 aliphatic heterocycles. The second-order valence-electron chi connectivity index (χ2n) is 5.63. The molecule has 0 aromatic heterocycles. The minimum absolute atomic E-state index is 0.119. The van der Waals surface area contributed by atoms with Crippen LogP contribution in [0.1, 0.15) is 28.8 Å². The number of carbonyl (C=O) groups is 2. The van der Waals surface area contributed by atoms with Gasteiger partial charge in [0.15, 0.2) is 5.78 Å². The van der Waals surface area contributed by atoms with Crippen molar-refractivity contribution in [1.29, 1.82) is 0 Å². The van der Waals surface area contributed by atoms with Gasteiger partial charge in [-0.15, -0.1) is 0 Å². The van der Waals surface area contributed by atoms with Crippen LogP contribution in [-0.2, 0) is 4.79 Å². The number of benzene rings is 2. The Morgan fingerprint density at radius 3 is 2.40 bits per heavy atom. The van der Waals surface area contributed by atoms with Crippen LogP contribution in [-0.4, -0.2) is 23.0 Å². The van der Waals surface area contributed by atoms with E-state index < -0.39 is 5.97 Å². The second-order valence-corrected chi connectivity index (χ2v) is 6.38. The molecule has 6 heteroatoms. The molecule has 1 aliphatic rings. The van der Waals surface area contributed by atoms with E-state index in [0.29, 0.717) is 35.3 Å². The third-order valence-corrected chi connectivity index (χ3v) is 4.83. The van der Waals surface area contributed by atoms with Gasteiger partial charge in [-0.1, -0.05) is 53.5 Å². The van der Waals surface area contributed by atoms with Gasteiger partial charge in [0.1, 0.15) is 16.9 Å². The number of hydrogen-bond acceptors (Lipinski definition) is 3. The van der Waals surface area contributed by atoms with Crippen LogP contribution in [0.5, 0.6) is 5.75 Å². The predicted octanol–water partition coefficient (Wildman–Crippen LogP) is 4.78. The Balaban J connectivity index is 1.84. The number of carboxylic acid groups (broad SMARTS) is 1. The van der Waals surface area contributed by atoms with Crippen LogP contribution in [0.2, 0.25) is 10.0 Å². The SMILES string of the molecule is O=C(O)C1=C[C@@H](Oc2ccc(C(=O)c3ccccc3)c(Cl)c2Cl)CC1. The highest BCUT2D eigenvalue weighted by atomic mass is 35.5. The molecule has 1 N–H and O–H groups in total. The molecule has 4 nitrogen and oxygen atoms in total. The maximum Gasteiger partial charge on any atom is 0.331 e. The summed E-state index contributed by atoms with van der Waals surface area (Å²) in [5.41, 5.74) is 1.13. The first-order valence-corrected chi connectivity index (χ1v) is 8.41. The van der Waals surface area contributed by atoms with Crippen LogP contribution >= 0.6 is 23.2 Å². The molecular formula is C19H14Cl2O4. The molecule has 0 radical (unpaired) electrons. The Morgan fingerprint density at radius 2 is 1.76 bits per heavy atom. The van der Waals surface area contributed by atoms with Crippen LogP contribution in [0, 0.1) is 0 Å². The van der Waals surface area contributed by atoms with Crippen molar-refractivity contribution in [2.24, 2.45) is 0 Å². The zero-order valence-electron chi connectivity index (χ0n) is 13.0. The van der Waals surface area contributed by atoms with E-state index in [4.69, 9.17) is 33.0 Å². The molecule has 0 heterocycles. The van der Waals surface area contributed by atoms with Crippen LogP contribution in [0.3, 0.4) is 0 Å². The van der Waals surface area contributed by atoms with Gasteiger partial charge in [0.2, 0.25) is 0 Å². The first kappa shape index (κ1) is 17.5. The molecule has 0 amide bonds. The number of rotatable bonds is 5. The summed E-state index contributed by atoms with van der Waals surface area (Å²) in [7, 11) is 0. The van der Waals surface area contributed by atoms with Gasteiger partial charge in [0, 0.05) is 16.7 Å². The van der Waals surface area contributed by atoms with E-state index in [9.17, 15) is 9.59 Å². The number of halogens is 2. The van der Waals surface area contributed by atoms with Crippen molar-refractivity contribution in [3.05, 3.63) is 75.3 Å². The molecule has 2 aromatic carbocycles. The van der Waals surface area contributed by atoms with E-state index in [0.717, 1.165) is 0 Å². The van der Waals surface area contributed by atoms with Gasteiger partial charge in [-0.3, -0.25) is 4.79 Å². The van der Waals surface area contributed by atoms with Gasteiger partial charge < -0.3 is 9.84 Å². The minimum atomic E-state index is -0.945. The predicted molar refractivity (Wildman–Crippen MR) is 95.7 cm³/mol. The molecule has 0 bridgehead atoms. The summed E-state index contributed by atoms with van der Waals surface area (Å²) in [6.07, 6.45) is 2.18. The van der Waals surface area contributed by atoms with E-state index in [1.54, 1.807) is 42.5 Å². The Kier molecular flexibility index (Phi) is 5.11. The Hall–Kier alpha value is -2.30. The van der Waals surface area contributed by atoms with Crippen molar-refractivity contribution < 1.29 is 19.4 Å². The largest absolute Gasteiger partial charge is 0.485 e. The first-order valence-electron chi connectivity index (χ1n) is 7.65. The van der Waals surface area contributed by atoms with Crippen molar-refractivity contribution in [3.63, 3.8) is 0 Å². The lowest BCUT2D eigenvalue weighted by molar-refractivity contribution is -0.132. The van der Waals surface area contributed by atoms with E-state index in [1.807, 2.05) is 6.07 Å². The average molecular weight is 377 g/mol. The highest BCUT2D eigenvalue weighted by Crippen LogP contribution is 2.37. The van der Waals surface area contributed by atoms with E-state index in [-0.39, 0.29) is 21.9 Å². The highest BCUT2D eigenvalue weighted by Gasteiger charge is 2.24. The average Bonchev–Trinajstić information content (AvgIpc) is 3.08. The topological polar surface area (TPSA) is 63.6 Å². The summed E-state index contributed by atoms with van der Waals surface area (Å²) in [6.45, 7) is 0. The number of carbonyl (C=O) groups excluding carboxylic acids is 1. The summed E-state index contributed by atoms with van der Waals surface area (Å²) in [5.74, 6) is -0.851. The minimum Gasteiger partial charge on any atom is -0.485 e. The summed E-state index contributed by atoms with van der Waals surface area (Å²) >= 11 is 12.5. The number of ketones is 1. The molecule has 0 saturated carbocycles. The quantitative estimate of drug-likeness (QED) is 0.762. The van der Waals surface area contributed by atoms with E-state index in [2.05, 4.69) is 0 Å². The molecule has 3 rings (SSSR count). The van der Waals surface area contributed by atoms with Crippen LogP contribution in [0.15, 0.2) is 54.1 Å². The fraction of sp³-hybridized carbons (Fsp3) is 0.158. The molecule has 1 atom stereocenters. The van der Waals surface area contributed by atoms with Crippen molar-refractivity contribution >= 4 is 35.0 Å². The van der Waals surface area contributed by atoms with E-state index in [1.165, 1.54) is 0 Å². The first-order chi connectivity index (χ1) is 12.0. The normalized spacial score (nSPS) is 16.4. The number of hydrogen-bond donors (Lipinski definition) is 1. The van der Waals surface area contributed by atoms with Crippen LogP contribution in [0.4, 0.5) is 0 Å². The monoisotopic (exact) mass is 376 g/mol. The van der Waals surface area contributed by atoms with Gasteiger partial charge in [0.25, 0.3) is 0 Å². The fourth-order valence-corrected chi connectivity index (χ4v) is 3.12. The van der Waals surface area contributed by atoms with Crippen LogP contribution in [0.25, 0.3) is 0 Å². The Morgan fingerprint density at radius 1 is 1.04 bits per heavy atom. The zero-order chi connectivity index (χ0) is 18.0. The van der Waals surface area contributed by atoms with Crippen LogP contribution < -0.4 is 4.74 Å². The molecule has 0 spiro atoms. The van der Waals surface area contributed by atoms with Gasteiger partial charge in [0.05, 0.1) is 5.02 Å². The molecule has 25 heavy (non-hydrogen) atoms. The smallest absolute Gasteiger partial charge is 0.331 e. The van der Waals surface area contributed by atoms with Crippen molar-refractivity contribution in [3.8, 4) is 5.75 Å². The maximum absolute atomic E-state index is 12.5. The summed E-state index contributed by atoms with van der Waals surface area (Å²) in [4.78, 5) is 23.5. The maximum atomic E-state index is 12.5. The Labute approximate surface area is 154 Å². The molecule has 0 saturated heterocycles. The summed E-state index contributed by atoms with van der Waals surface area (Å²) in [6, 6.07) is 11.9. The highest BCUT2D eigenvalue weighted by molar-refractivity contribution is 6.45. The van der Waals surface area contributed by atoms with Gasteiger partial charge in [-0.2, -0.15) is 0 Å². The molecule has 2 aromatic rings. The molecule has 0 fully saturated rings. The van der Waals surface area contributed by atoms with Crippen molar-refractivity contribution in [1.82, 2.24) is 0 Å². The van der Waals surface area contributed by atoms with Gasteiger partial charge in [-0.25, -0.2) is 4.79 Å². The van der Waals surface area contributed by atoms with Gasteiger partial charge >= 0.3 is 5.97 Å². The van der Waals surface area contributed by atoms with Crippen molar-refractivity contribution in [2.45, 2.75) is 18.9 Å². The summed E-state index contributed by atoms with van der Waals surface area (Å²) in [5, 5.41) is 9.25.